The van der Waals surface area contributed by atoms with Crippen molar-refractivity contribution in [3.8, 4) is 5.88 Å². The molecule has 0 amide bonds. The van der Waals surface area contributed by atoms with Gasteiger partial charge in [0, 0.05) is 13.1 Å². The van der Waals surface area contributed by atoms with Gasteiger partial charge in [0.15, 0.2) is 6.29 Å². The van der Waals surface area contributed by atoms with Crippen LogP contribution in [0.3, 0.4) is 0 Å². The van der Waals surface area contributed by atoms with Crippen LogP contribution < -0.4 is 11.2 Å². The molecule has 106 valence electrons. The minimum absolute atomic E-state index is 0.265. The summed E-state index contributed by atoms with van der Waals surface area (Å²) in [5.74, 6) is -0.522. The van der Waals surface area contributed by atoms with E-state index in [1.54, 1.807) is 0 Å². The van der Waals surface area contributed by atoms with Gasteiger partial charge in [-0.1, -0.05) is 26.7 Å². The number of nitrogens with zero attached hydrogens (tertiary/aromatic N) is 2. The molecule has 0 radical (unpaired) electrons. The molecule has 0 spiro atoms. The molecule has 0 atom stereocenters. The Morgan fingerprint density at radius 1 is 1.05 bits per heavy atom. The van der Waals surface area contributed by atoms with E-state index >= 15 is 0 Å². The van der Waals surface area contributed by atoms with Crippen molar-refractivity contribution in [2.75, 3.05) is 0 Å². The molecular weight excluding hydrogens is 248 g/mol. The lowest BCUT2D eigenvalue weighted by atomic mass is 10.3. The number of aromatic hydroxyl groups is 1. The van der Waals surface area contributed by atoms with Crippen molar-refractivity contribution in [1.29, 1.82) is 0 Å². The summed E-state index contributed by atoms with van der Waals surface area (Å²) in [7, 11) is 0. The lowest BCUT2D eigenvalue weighted by Crippen LogP contribution is -2.41. The van der Waals surface area contributed by atoms with E-state index in [1.165, 1.54) is 0 Å². The first-order valence-electron chi connectivity index (χ1n) is 6.60. The van der Waals surface area contributed by atoms with Crippen molar-refractivity contribution in [3.05, 3.63) is 26.4 Å². The van der Waals surface area contributed by atoms with Gasteiger partial charge in [0.2, 0.25) is 5.88 Å². The first kappa shape index (κ1) is 15.2. The van der Waals surface area contributed by atoms with Crippen LogP contribution in [0, 0.1) is 0 Å². The van der Waals surface area contributed by atoms with E-state index in [1.807, 2.05) is 13.8 Å². The van der Waals surface area contributed by atoms with Crippen molar-refractivity contribution >= 4 is 6.29 Å². The number of carbonyl (C=O) groups is 1. The summed E-state index contributed by atoms with van der Waals surface area (Å²) in [5.41, 5.74) is -1.60. The van der Waals surface area contributed by atoms with Gasteiger partial charge in [-0.25, -0.2) is 4.79 Å². The van der Waals surface area contributed by atoms with Gasteiger partial charge in [-0.3, -0.25) is 18.7 Å². The van der Waals surface area contributed by atoms with Gasteiger partial charge < -0.3 is 5.11 Å². The molecule has 0 aromatic carbocycles. The largest absolute Gasteiger partial charge is 0.494 e. The average Bonchev–Trinajstić information content (AvgIpc) is 2.39. The predicted molar refractivity (Wildman–Crippen MR) is 71.8 cm³/mol. The molecule has 0 aliphatic carbocycles. The Bertz CT molecular complexity index is 557. The molecule has 0 fully saturated rings. The summed E-state index contributed by atoms with van der Waals surface area (Å²) in [5, 5.41) is 9.85. The Balaban J connectivity index is 3.42. The molecular formula is C13H20N2O4. The number of hydrogen-bond donors (Lipinski definition) is 1. The Kier molecular flexibility index (Phi) is 5.54. The minimum atomic E-state index is -0.710. The second-order valence-electron chi connectivity index (χ2n) is 4.45. The zero-order valence-corrected chi connectivity index (χ0v) is 11.4. The maximum Gasteiger partial charge on any atom is 0.333 e. The lowest BCUT2D eigenvalue weighted by molar-refractivity contribution is 0.111. The van der Waals surface area contributed by atoms with Gasteiger partial charge >= 0.3 is 5.69 Å². The number of rotatable bonds is 7. The van der Waals surface area contributed by atoms with Crippen LogP contribution in [-0.4, -0.2) is 20.5 Å². The third-order valence-corrected chi connectivity index (χ3v) is 3.02. The number of unbranched alkanes of at least 4 members (excludes halogenated alkanes) is 2. The third-order valence-electron chi connectivity index (χ3n) is 3.02. The summed E-state index contributed by atoms with van der Waals surface area (Å²) in [6.45, 7) is 4.47. The fraction of sp³-hybridized carbons (Fsp3) is 0.615. The molecule has 0 unspecified atom stereocenters. The van der Waals surface area contributed by atoms with Gasteiger partial charge in [-0.15, -0.1) is 0 Å². The molecule has 1 heterocycles. The highest BCUT2D eigenvalue weighted by Crippen LogP contribution is 2.09. The van der Waals surface area contributed by atoms with Gasteiger partial charge in [-0.2, -0.15) is 0 Å². The van der Waals surface area contributed by atoms with Crippen LogP contribution in [0.25, 0.3) is 0 Å². The quantitative estimate of drug-likeness (QED) is 0.751. The lowest BCUT2D eigenvalue weighted by Gasteiger charge is -2.13. The number of carbonyl (C=O) groups excluding carboxylic acids is 1. The Morgan fingerprint density at radius 2 is 1.58 bits per heavy atom. The maximum atomic E-state index is 12.1. The van der Waals surface area contributed by atoms with Gasteiger partial charge in [0.25, 0.3) is 5.56 Å². The highest BCUT2D eigenvalue weighted by Gasteiger charge is 2.17. The zero-order valence-electron chi connectivity index (χ0n) is 11.4. The summed E-state index contributed by atoms with van der Waals surface area (Å²) in [4.78, 5) is 35.0. The molecule has 1 aromatic rings. The van der Waals surface area contributed by atoms with Crippen molar-refractivity contribution in [2.24, 2.45) is 0 Å². The summed E-state index contributed by atoms with van der Waals surface area (Å²) >= 11 is 0. The van der Waals surface area contributed by atoms with E-state index < -0.39 is 17.1 Å². The first-order chi connectivity index (χ1) is 9.08. The maximum absolute atomic E-state index is 12.1. The molecule has 0 aliphatic rings. The van der Waals surface area contributed by atoms with E-state index in [-0.39, 0.29) is 12.1 Å². The van der Waals surface area contributed by atoms with Crippen molar-refractivity contribution in [1.82, 2.24) is 9.13 Å². The van der Waals surface area contributed by atoms with Gasteiger partial charge in [0.1, 0.15) is 5.56 Å². The SMILES string of the molecule is CCCCn1c(O)c(C=O)c(=O)n(CCCC)c1=O. The molecule has 6 nitrogen and oxygen atoms in total. The van der Waals surface area contributed by atoms with E-state index in [0.29, 0.717) is 25.7 Å². The van der Waals surface area contributed by atoms with Crippen LogP contribution in [0.2, 0.25) is 0 Å². The van der Waals surface area contributed by atoms with Crippen LogP contribution in [0.1, 0.15) is 49.9 Å². The molecule has 0 bridgehead atoms. The van der Waals surface area contributed by atoms with Crippen LogP contribution in [0.4, 0.5) is 0 Å². The molecule has 1 aromatic heterocycles. The van der Waals surface area contributed by atoms with Crippen molar-refractivity contribution in [2.45, 2.75) is 52.6 Å². The molecule has 6 heteroatoms. The number of aldehydes is 1. The van der Waals surface area contributed by atoms with E-state index in [2.05, 4.69) is 0 Å². The van der Waals surface area contributed by atoms with Crippen molar-refractivity contribution < 1.29 is 9.90 Å². The Labute approximate surface area is 111 Å². The van der Waals surface area contributed by atoms with Crippen LogP contribution in [0.5, 0.6) is 5.88 Å². The van der Waals surface area contributed by atoms with Crippen LogP contribution >= 0.6 is 0 Å². The molecule has 0 saturated carbocycles. The van der Waals surface area contributed by atoms with E-state index in [9.17, 15) is 19.5 Å². The highest BCUT2D eigenvalue weighted by atomic mass is 16.3. The van der Waals surface area contributed by atoms with E-state index in [4.69, 9.17) is 0 Å². The molecule has 0 aliphatic heterocycles. The smallest absolute Gasteiger partial charge is 0.333 e. The van der Waals surface area contributed by atoms with Crippen molar-refractivity contribution in [3.63, 3.8) is 0 Å². The molecule has 19 heavy (non-hydrogen) atoms. The molecule has 1 N–H and O–H groups in total. The van der Waals surface area contributed by atoms with Gasteiger partial charge in [0.05, 0.1) is 0 Å². The predicted octanol–water partition coefficient (Wildman–Crippen LogP) is 1.13. The minimum Gasteiger partial charge on any atom is -0.494 e. The second-order valence-corrected chi connectivity index (χ2v) is 4.45. The van der Waals surface area contributed by atoms with Crippen LogP contribution in [0.15, 0.2) is 9.59 Å². The Morgan fingerprint density at radius 3 is 2.05 bits per heavy atom. The third kappa shape index (κ3) is 3.13. The normalized spacial score (nSPS) is 10.6. The fourth-order valence-corrected chi connectivity index (χ4v) is 1.84. The summed E-state index contributed by atoms with van der Waals surface area (Å²) < 4.78 is 2.13. The number of hydrogen-bond acceptors (Lipinski definition) is 4. The zero-order chi connectivity index (χ0) is 14.4. The van der Waals surface area contributed by atoms with Crippen LogP contribution in [-0.2, 0) is 13.1 Å². The standard InChI is InChI=1S/C13H20N2O4/c1-3-5-7-14-11(17)10(9-16)12(18)15(13(14)19)8-6-4-2/h9,17H,3-8H2,1-2H3. The highest BCUT2D eigenvalue weighted by molar-refractivity contribution is 5.77. The van der Waals surface area contributed by atoms with E-state index in [0.717, 1.165) is 22.0 Å². The van der Waals surface area contributed by atoms with Gasteiger partial charge in [-0.05, 0) is 12.8 Å². The first-order valence-corrected chi connectivity index (χ1v) is 6.60. The second kappa shape index (κ2) is 6.92. The summed E-state index contributed by atoms with van der Waals surface area (Å²) in [6, 6.07) is 0. The molecule has 1 rings (SSSR count). The average molecular weight is 268 g/mol. The monoisotopic (exact) mass is 268 g/mol. The number of aromatic nitrogens is 2. The molecule has 0 saturated heterocycles. The fourth-order valence-electron chi connectivity index (χ4n) is 1.84. The summed E-state index contributed by atoms with van der Waals surface area (Å²) in [6.07, 6.45) is 3.35. The topological polar surface area (TPSA) is 81.3 Å². The Hall–Kier alpha value is -1.85.